The summed E-state index contributed by atoms with van der Waals surface area (Å²) in [6.45, 7) is 2.32. The van der Waals surface area contributed by atoms with Gasteiger partial charge in [-0.1, -0.05) is 42.5 Å². The van der Waals surface area contributed by atoms with Gasteiger partial charge in [0.15, 0.2) is 5.78 Å². The largest absolute Gasteiger partial charge is 0.497 e. The number of benzene rings is 2. The number of carbonyl (C=O) groups excluding carboxylic acids is 2. The second-order valence-corrected chi connectivity index (χ2v) is 8.44. The van der Waals surface area contributed by atoms with Crippen molar-refractivity contribution in [3.8, 4) is 5.75 Å². The fourth-order valence-electron chi connectivity index (χ4n) is 4.81. The number of Topliss-reactive ketones (excluding diaryl/α,β-unsaturated/α-hetero) is 1. The molecule has 0 N–H and O–H groups in total. The number of hydrogen-bond donors (Lipinski definition) is 0. The van der Waals surface area contributed by atoms with Crippen molar-refractivity contribution in [1.82, 2.24) is 0 Å². The van der Waals surface area contributed by atoms with E-state index in [9.17, 15) is 9.59 Å². The Morgan fingerprint density at radius 2 is 1.70 bits per heavy atom. The molecule has 6 nitrogen and oxygen atoms in total. The lowest BCUT2D eigenvalue weighted by Gasteiger charge is -2.36. The van der Waals surface area contributed by atoms with Gasteiger partial charge in [0.25, 0.3) is 0 Å². The zero-order valence-corrected chi connectivity index (χ0v) is 19.2. The van der Waals surface area contributed by atoms with E-state index in [4.69, 9.17) is 19.2 Å². The topological polar surface area (TPSA) is 74.2 Å². The third-order valence-electron chi connectivity index (χ3n) is 6.42. The summed E-state index contributed by atoms with van der Waals surface area (Å²) >= 11 is 0. The van der Waals surface area contributed by atoms with Gasteiger partial charge in [0.2, 0.25) is 0 Å². The number of nitrogens with zero attached hydrogens (tertiary/aromatic N) is 1. The lowest BCUT2D eigenvalue weighted by atomic mass is 9.69. The number of methoxy groups -OCH3 is 2. The van der Waals surface area contributed by atoms with Crippen LogP contribution in [0.2, 0.25) is 0 Å². The standard InChI is InChI=1S/C27H29NO5/c1-17-24(27(30)33-14-13-31-2)25(19-9-11-21(32-3)12-10-19)26-22(28-17)15-20(16-23(26)29)18-7-5-4-6-8-18/h4-12,20,24-25H,13-16H2,1-3H3/t20-,24?,25+/m0/s1. The number of carbonyl (C=O) groups is 2. The Balaban J connectivity index is 1.74. The van der Waals surface area contributed by atoms with E-state index in [1.807, 2.05) is 49.4 Å². The van der Waals surface area contributed by atoms with Gasteiger partial charge in [-0.05, 0) is 42.5 Å². The molecule has 0 fully saturated rings. The van der Waals surface area contributed by atoms with Gasteiger partial charge >= 0.3 is 5.97 Å². The van der Waals surface area contributed by atoms with Crippen LogP contribution >= 0.6 is 0 Å². The molecule has 0 radical (unpaired) electrons. The van der Waals surface area contributed by atoms with Crippen LogP contribution in [0.1, 0.15) is 42.7 Å². The van der Waals surface area contributed by atoms with E-state index in [1.54, 1.807) is 14.2 Å². The summed E-state index contributed by atoms with van der Waals surface area (Å²) in [5, 5.41) is 0. The van der Waals surface area contributed by atoms with Gasteiger partial charge in [0.05, 0.1) is 13.7 Å². The van der Waals surface area contributed by atoms with Gasteiger partial charge in [-0.3, -0.25) is 14.6 Å². The summed E-state index contributed by atoms with van der Waals surface area (Å²) in [7, 11) is 3.17. The maximum Gasteiger partial charge on any atom is 0.315 e. The molecule has 0 saturated heterocycles. The van der Waals surface area contributed by atoms with Crippen LogP contribution in [-0.4, -0.2) is 44.9 Å². The third-order valence-corrected chi connectivity index (χ3v) is 6.42. The molecule has 1 unspecified atom stereocenters. The number of aliphatic imine (C=N–C) groups is 1. The van der Waals surface area contributed by atoms with Crippen molar-refractivity contribution >= 4 is 17.5 Å². The van der Waals surface area contributed by atoms with Crippen molar-refractivity contribution in [3.63, 3.8) is 0 Å². The fraction of sp³-hybridized carbons (Fsp3) is 0.370. The normalized spacial score (nSPS) is 22.5. The number of ether oxygens (including phenoxy) is 3. The van der Waals surface area contributed by atoms with Crippen LogP contribution in [-0.2, 0) is 19.1 Å². The molecular weight excluding hydrogens is 418 g/mol. The molecule has 6 heteroatoms. The second kappa shape index (κ2) is 10.1. The van der Waals surface area contributed by atoms with E-state index < -0.39 is 17.8 Å². The third kappa shape index (κ3) is 4.76. The molecule has 2 aromatic rings. The molecule has 2 aromatic carbocycles. The first-order chi connectivity index (χ1) is 16.0. The monoisotopic (exact) mass is 447 g/mol. The lowest BCUT2D eigenvalue weighted by Crippen LogP contribution is -2.38. The average molecular weight is 448 g/mol. The number of hydrogen-bond acceptors (Lipinski definition) is 6. The Labute approximate surface area is 194 Å². The van der Waals surface area contributed by atoms with E-state index in [0.717, 1.165) is 16.8 Å². The summed E-state index contributed by atoms with van der Waals surface area (Å²) in [6, 6.07) is 17.6. The van der Waals surface area contributed by atoms with Crippen LogP contribution in [0.3, 0.4) is 0 Å². The van der Waals surface area contributed by atoms with Gasteiger partial charge in [-0.2, -0.15) is 0 Å². The summed E-state index contributed by atoms with van der Waals surface area (Å²) in [6.07, 6.45) is 1.07. The lowest BCUT2D eigenvalue weighted by molar-refractivity contribution is -0.147. The molecule has 0 aromatic heterocycles. The SMILES string of the molecule is COCCOC(=O)C1C(C)=NC2=C(C(=O)C[C@@H](c3ccccc3)C2)[C@@H]1c1ccc(OC)cc1. The maximum atomic E-state index is 13.5. The summed E-state index contributed by atoms with van der Waals surface area (Å²) in [5.41, 5.74) is 4.08. The molecule has 1 aliphatic carbocycles. The molecule has 3 atom stereocenters. The van der Waals surface area contributed by atoms with Crippen molar-refractivity contribution in [2.45, 2.75) is 31.6 Å². The Kier molecular flexibility index (Phi) is 7.04. The molecular formula is C27H29NO5. The summed E-state index contributed by atoms with van der Waals surface area (Å²) in [5.74, 6) is -0.660. The molecule has 1 aliphatic heterocycles. The van der Waals surface area contributed by atoms with E-state index >= 15 is 0 Å². The molecule has 1 heterocycles. The van der Waals surface area contributed by atoms with Crippen LogP contribution < -0.4 is 4.74 Å². The zero-order chi connectivity index (χ0) is 23.4. The smallest absolute Gasteiger partial charge is 0.315 e. The molecule has 0 amide bonds. The molecule has 0 saturated carbocycles. The molecule has 172 valence electrons. The minimum atomic E-state index is -0.661. The highest BCUT2D eigenvalue weighted by Gasteiger charge is 2.44. The molecule has 0 spiro atoms. The first kappa shape index (κ1) is 22.9. The molecule has 33 heavy (non-hydrogen) atoms. The Bertz CT molecular complexity index is 1070. The van der Waals surface area contributed by atoms with Gasteiger partial charge in [-0.25, -0.2) is 0 Å². The van der Waals surface area contributed by atoms with Crippen molar-refractivity contribution in [2.75, 3.05) is 27.4 Å². The number of allylic oxidation sites excluding steroid dienone is 2. The zero-order valence-electron chi connectivity index (χ0n) is 19.2. The highest BCUT2D eigenvalue weighted by Crippen LogP contribution is 2.47. The van der Waals surface area contributed by atoms with Gasteiger partial charge in [-0.15, -0.1) is 0 Å². The minimum Gasteiger partial charge on any atom is -0.497 e. The van der Waals surface area contributed by atoms with Crippen LogP contribution in [0.4, 0.5) is 0 Å². The van der Waals surface area contributed by atoms with Gasteiger partial charge < -0.3 is 14.2 Å². The highest BCUT2D eigenvalue weighted by molar-refractivity contribution is 6.09. The molecule has 4 rings (SSSR count). The van der Waals surface area contributed by atoms with Crippen LogP contribution in [0.5, 0.6) is 5.75 Å². The van der Waals surface area contributed by atoms with Crippen molar-refractivity contribution in [3.05, 3.63) is 77.0 Å². The quantitative estimate of drug-likeness (QED) is 0.463. The predicted molar refractivity (Wildman–Crippen MR) is 126 cm³/mol. The van der Waals surface area contributed by atoms with E-state index in [-0.39, 0.29) is 18.3 Å². The van der Waals surface area contributed by atoms with Crippen LogP contribution in [0.25, 0.3) is 0 Å². The Morgan fingerprint density at radius 3 is 2.36 bits per heavy atom. The first-order valence-corrected chi connectivity index (χ1v) is 11.2. The van der Waals surface area contributed by atoms with E-state index in [0.29, 0.717) is 36.5 Å². The van der Waals surface area contributed by atoms with E-state index in [2.05, 4.69) is 12.1 Å². The number of ketones is 1. The first-order valence-electron chi connectivity index (χ1n) is 11.2. The maximum absolute atomic E-state index is 13.5. The Morgan fingerprint density at radius 1 is 0.970 bits per heavy atom. The highest BCUT2D eigenvalue weighted by atomic mass is 16.6. The number of esters is 1. The average Bonchev–Trinajstić information content (AvgIpc) is 2.83. The van der Waals surface area contributed by atoms with Crippen molar-refractivity contribution in [2.24, 2.45) is 10.9 Å². The van der Waals surface area contributed by atoms with Crippen LogP contribution in [0.15, 0.2) is 70.9 Å². The van der Waals surface area contributed by atoms with Crippen LogP contribution in [0, 0.1) is 5.92 Å². The van der Waals surface area contributed by atoms with Crippen molar-refractivity contribution in [1.29, 1.82) is 0 Å². The number of rotatable bonds is 7. The van der Waals surface area contributed by atoms with Gasteiger partial charge in [0.1, 0.15) is 18.3 Å². The summed E-state index contributed by atoms with van der Waals surface area (Å²) in [4.78, 5) is 31.5. The van der Waals surface area contributed by atoms with E-state index in [1.165, 1.54) is 0 Å². The predicted octanol–water partition coefficient (Wildman–Crippen LogP) is 4.46. The second-order valence-electron chi connectivity index (χ2n) is 8.44. The summed E-state index contributed by atoms with van der Waals surface area (Å²) < 4.78 is 15.8. The van der Waals surface area contributed by atoms with Crippen molar-refractivity contribution < 1.29 is 23.8 Å². The minimum absolute atomic E-state index is 0.0388. The Hall–Kier alpha value is -3.25. The molecule has 0 bridgehead atoms. The fourth-order valence-corrected chi connectivity index (χ4v) is 4.81. The van der Waals surface area contributed by atoms with Gasteiger partial charge in [0, 0.05) is 36.4 Å². The molecule has 2 aliphatic rings.